The van der Waals surface area contributed by atoms with Crippen LogP contribution in [0, 0.1) is 0 Å². The second kappa shape index (κ2) is 7.27. The zero-order chi connectivity index (χ0) is 19.5. The van der Waals surface area contributed by atoms with E-state index in [1.165, 1.54) is 25.1 Å². The van der Waals surface area contributed by atoms with Crippen molar-refractivity contribution < 1.29 is 40.6 Å². The highest BCUT2D eigenvalue weighted by molar-refractivity contribution is 5.92. The molecule has 140 valence electrons. The van der Waals surface area contributed by atoms with E-state index in [0.29, 0.717) is 6.07 Å². The van der Waals surface area contributed by atoms with Gasteiger partial charge in [0.15, 0.2) is 0 Å². The van der Waals surface area contributed by atoms with Crippen molar-refractivity contribution in [3.8, 4) is 16.9 Å². The first-order valence-electron chi connectivity index (χ1n) is 7.26. The summed E-state index contributed by atoms with van der Waals surface area (Å²) < 4.78 is 85.0. The van der Waals surface area contributed by atoms with Gasteiger partial charge in [-0.1, -0.05) is 18.2 Å². The SMILES string of the molecule is CCOC(=O)c1ccc(-c2cccc(OC(F)(F)F)c2)cc1C(F)(F)F. The summed E-state index contributed by atoms with van der Waals surface area (Å²) in [4.78, 5) is 11.7. The highest BCUT2D eigenvalue weighted by atomic mass is 19.4. The molecule has 0 aromatic heterocycles. The first kappa shape index (κ1) is 19.6. The maximum absolute atomic E-state index is 13.3. The minimum absolute atomic E-state index is 0.0296. The van der Waals surface area contributed by atoms with Gasteiger partial charge in [0.05, 0.1) is 17.7 Å². The van der Waals surface area contributed by atoms with Gasteiger partial charge in [-0.05, 0) is 42.3 Å². The lowest BCUT2D eigenvalue weighted by Gasteiger charge is -2.14. The van der Waals surface area contributed by atoms with Crippen LogP contribution in [0.1, 0.15) is 22.8 Å². The third-order valence-corrected chi connectivity index (χ3v) is 3.22. The van der Waals surface area contributed by atoms with Crippen molar-refractivity contribution in [3.63, 3.8) is 0 Å². The molecule has 0 unspecified atom stereocenters. The zero-order valence-electron chi connectivity index (χ0n) is 13.2. The molecule has 9 heteroatoms. The number of ether oxygens (including phenoxy) is 2. The molecule has 0 aliphatic rings. The highest BCUT2D eigenvalue weighted by Crippen LogP contribution is 2.36. The maximum atomic E-state index is 13.3. The predicted octanol–water partition coefficient (Wildman–Crippen LogP) is 5.45. The molecule has 0 radical (unpaired) electrons. The van der Waals surface area contributed by atoms with E-state index in [0.717, 1.165) is 18.2 Å². The molecule has 2 rings (SSSR count). The Hall–Kier alpha value is -2.71. The Morgan fingerprint density at radius 3 is 2.19 bits per heavy atom. The second-order valence-corrected chi connectivity index (χ2v) is 5.05. The molecule has 0 saturated carbocycles. The average molecular weight is 378 g/mol. The molecular weight excluding hydrogens is 366 g/mol. The minimum Gasteiger partial charge on any atom is -0.462 e. The Morgan fingerprint density at radius 2 is 1.62 bits per heavy atom. The first-order chi connectivity index (χ1) is 12.0. The molecule has 0 aliphatic carbocycles. The van der Waals surface area contributed by atoms with Gasteiger partial charge in [-0.25, -0.2) is 4.79 Å². The van der Waals surface area contributed by atoms with Crippen LogP contribution in [0.5, 0.6) is 5.75 Å². The van der Waals surface area contributed by atoms with Crippen LogP contribution in [-0.2, 0) is 10.9 Å². The summed E-state index contributed by atoms with van der Waals surface area (Å²) in [7, 11) is 0. The van der Waals surface area contributed by atoms with E-state index < -0.39 is 35.4 Å². The Morgan fingerprint density at radius 1 is 0.962 bits per heavy atom. The standard InChI is InChI=1S/C17H12F6O3/c1-2-25-15(24)13-7-6-11(9-14(13)16(18,19)20)10-4-3-5-12(8-10)26-17(21,22)23/h3-9H,2H2,1H3. The molecule has 2 aromatic rings. The summed E-state index contributed by atoms with van der Waals surface area (Å²) in [5.74, 6) is -1.71. The van der Waals surface area contributed by atoms with E-state index in [9.17, 15) is 31.1 Å². The van der Waals surface area contributed by atoms with Crippen LogP contribution in [0.25, 0.3) is 11.1 Å². The van der Waals surface area contributed by atoms with Crippen LogP contribution in [0.3, 0.4) is 0 Å². The summed E-state index contributed by atoms with van der Waals surface area (Å²) in [6.45, 7) is 1.35. The van der Waals surface area contributed by atoms with Gasteiger partial charge in [0.2, 0.25) is 0 Å². The smallest absolute Gasteiger partial charge is 0.462 e. The molecule has 3 nitrogen and oxygen atoms in total. The van der Waals surface area contributed by atoms with Gasteiger partial charge in [-0.15, -0.1) is 13.2 Å². The van der Waals surface area contributed by atoms with Crippen LogP contribution in [0.4, 0.5) is 26.3 Å². The van der Waals surface area contributed by atoms with Crippen LogP contribution >= 0.6 is 0 Å². The van der Waals surface area contributed by atoms with E-state index in [1.807, 2.05) is 0 Å². The van der Waals surface area contributed by atoms with E-state index in [-0.39, 0.29) is 17.7 Å². The number of esters is 1. The van der Waals surface area contributed by atoms with E-state index in [1.54, 1.807) is 0 Å². The summed E-state index contributed by atoms with van der Waals surface area (Å²) >= 11 is 0. The summed E-state index contributed by atoms with van der Waals surface area (Å²) in [5.41, 5.74) is -1.88. The lowest BCUT2D eigenvalue weighted by Crippen LogP contribution is -2.17. The molecule has 0 N–H and O–H groups in total. The third-order valence-electron chi connectivity index (χ3n) is 3.22. The molecule has 0 atom stereocenters. The number of halogens is 6. The van der Waals surface area contributed by atoms with Crippen LogP contribution in [0.15, 0.2) is 42.5 Å². The summed E-state index contributed by atoms with van der Waals surface area (Å²) in [6.07, 6.45) is -9.78. The molecular formula is C17H12F6O3. The number of benzene rings is 2. The number of carbonyl (C=O) groups excluding carboxylic acids is 1. The highest BCUT2D eigenvalue weighted by Gasteiger charge is 2.36. The average Bonchev–Trinajstić information content (AvgIpc) is 2.52. The van der Waals surface area contributed by atoms with Gasteiger partial charge in [0.25, 0.3) is 0 Å². The maximum Gasteiger partial charge on any atom is 0.573 e. The van der Waals surface area contributed by atoms with Crippen molar-refractivity contribution in [2.75, 3.05) is 6.61 Å². The van der Waals surface area contributed by atoms with Crippen LogP contribution < -0.4 is 4.74 Å². The summed E-state index contributed by atoms with van der Waals surface area (Å²) in [6, 6.07) is 7.30. The van der Waals surface area contributed by atoms with Gasteiger partial charge < -0.3 is 9.47 Å². The van der Waals surface area contributed by atoms with Gasteiger partial charge in [-0.3, -0.25) is 0 Å². The molecule has 0 amide bonds. The molecule has 2 aromatic carbocycles. The number of carbonyl (C=O) groups is 1. The van der Waals surface area contributed by atoms with Gasteiger partial charge in [0, 0.05) is 0 Å². The lowest BCUT2D eigenvalue weighted by molar-refractivity contribution is -0.274. The number of alkyl halides is 6. The Labute approximate surface area is 144 Å². The molecule has 0 fully saturated rings. The van der Waals surface area contributed by atoms with Gasteiger partial charge in [0.1, 0.15) is 5.75 Å². The topological polar surface area (TPSA) is 35.5 Å². The van der Waals surface area contributed by atoms with Crippen LogP contribution in [-0.4, -0.2) is 18.9 Å². The Balaban J connectivity index is 2.48. The lowest BCUT2D eigenvalue weighted by atomic mass is 9.98. The van der Waals surface area contributed by atoms with Crippen molar-refractivity contribution in [1.82, 2.24) is 0 Å². The second-order valence-electron chi connectivity index (χ2n) is 5.05. The van der Waals surface area contributed by atoms with Crippen LogP contribution in [0.2, 0.25) is 0 Å². The molecule has 0 spiro atoms. The molecule has 0 bridgehead atoms. The number of rotatable bonds is 4. The monoisotopic (exact) mass is 378 g/mol. The third kappa shape index (κ3) is 4.90. The zero-order valence-corrected chi connectivity index (χ0v) is 13.2. The normalized spacial score (nSPS) is 12.0. The van der Waals surface area contributed by atoms with Crippen molar-refractivity contribution >= 4 is 5.97 Å². The van der Waals surface area contributed by atoms with E-state index in [4.69, 9.17) is 0 Å². The van der Waals surface area contributed by atoms with Gasteiger partial charge in [-0.2, -0.15) is 13.2 Å². The summed E-state index contributed by atoms with van der Waals surface area (Å²) in [5, 5.41) is 0. The fraction of sp³-hybridized carbons (Fsp3) is 0.235. The number of hydrogen-bond donors (Lipinski definition) is 0. The first-order valence-corrected chi connectivity index (χ1v) is 7.26. The largest absolute Gasteiger partial charge is 0.573 e. The fourth-order valence-electron chi connectivity index (χ4n) is 2.22. The van der Waals surface area contributed by atoms with Crippen molar-refractivity contribution in [2.45, 2.75) is 19.5 Å². The van der Waals surface area contributed by atoms with Crippen molar-refractivity contribution in [1.29, 1.82) is 0 Å². The fourth-order valence-corrected chi connectivity index (χ4v) is 2.22. The molecule has 0 heterocycles. The minimum atomic E-state index is -4.93. The Kier molecular flexibility index (Phi) is 5.48. The van der Waals surface area contributed by atoms with Crippen molar-refractivity contribution in [2.24, 2.45) is 0 Å². The molecule has 0 saturated heterocycles. The Bertz CT molecular complexity index is 796. The molecule has 0 aliphatic heterocycles. The van der Waals surface area contributed by atoms with E-state index >= 15 is 0 Å². The predicted molar refractivity (Wildman–Crippen MR) is 79.5 cm³/mol. The molecule has 26 heavy (non-hydrogen) atoms. The quantitative estimate of drug-likeness (QED) is 0.524. The van der Waals surface area contributed by atoms with Gasteiger partial charge >= 0.3 is 18.5 Å². The van der Waals surface area contributed by atoms with E-state index in [2.05, 4.69) is 9.47 Å². The number of hydrogen-bond acceptors (Lipinski definition) is 3. The van der Waals surface area contributed by atoms with Crippen molar-refractivity contribution in [3.05, 3.63) is 53.6 Å².